The Balaban J connectivity index is 1.82. The van der Waals surface area contributed by atoms with E-state index in [1.165, 1.54) is 7.11 Å². The van der Waals surface area contributed by atoms with Crippen molar-refractivity contribution < 1.29 is 23.9 Å². The lowest BCUT2D eigenvalue weighted by Gasteiger charge is -2.11. The van der Waals surface area contributed by atoms with Crippen LogP contribution in [0.2, 0.25) is 0 Å². The average molecular weight is 383 g/mol. The summed E-state index contributed by atoms with van der Waals surface area (Å²) in [6.45, 7) is 5.23. The van der Waals surface area contributed by atoms with Gasteiger partial charge in [-0.2, -0.15) is 0 Å². The van der Waals surface area contributed by atoms with Crippen LogP contribution in [-0.2, 0) is 14.3 Å². The van der Waals surface area contributed by atoms with Gasteiger partial charge in [0.05, 0.1) is 19.2 Å². The van der Waals surface area contributed by atoms with Crippen molar-refractivity contribution in [2.24, 2.45) is 0 Å². The monoisotopic (exact) mass is 383 g/mol. The number of nitrogens with one attached hydrogen (secondary N) is 1. The van der Waals surface area contributed by atoms with Crippen LogP contribution in [0, 0.1) is 20.8 Å². The molecule has 0 fully saturated rings. The van der Waals surface area contributed by atoms with E-state index in [9.17, 15) is 14.4 Å². The number of hydrogen-bond donors (Lipinski definition) is 1. The van der Waals surface area contributed by atoms with Crippen LogP contribution in [0.1, 0.15) is 39.9 Å². The van der Waals surface area contributed by atoms with Gasteiger partial charge in [0.1, 0.15) is 5.75 Å². The molecule has 0 atom stereocenters. The number of Topliss-reactive ketones (excluding diaryl/α,β-unsaturated/α-hetero) is 1. The summed E-state index contributed by atoms with van der Waals surface area (Å²) in [4.78, 5) is 36.2. The average Bonchev–Trinajstić information content (AvgIpc) is 2.66. The van der Waals surface area contributed by atoms with E-state index in [0.717, 1.165) is 16.7 Å². The van der Waals surface area contributed by atoms with Gasteiger partial charge in [-0.1, -0.05) is 23.8 Å². The zero-order chi connectivity index (χ0) is 20.7. The van der Waals surface area contributed by atoms with Gasteiger partial charge in [0, 0.05) is 12.0 Å². The standard InChI is InChI=1S/C22H25NO5/c1-14-5-7-16(3)17(11-14)19(24)8-10-22(26)28-13-21(25)23-18-12-15(2)6-9-20(18)27-4/h5-7,9,11-12H,8,10,13H2,1-4H3,(H,23,25). The van der Waals surface area contributed by atoms with Crippen LogP contribution >= 0.6 is 0 Å². The molecule has 6 heteroatoms. The molecular weight excluding hydrogens is 358 g/mol. The lowest BCUT2D eigenvalue weighted by Crippen LogP contribution is -2.21. The molecule has 0 bridgehead atoms. The fourth-order valence-corrected chi connectivity index (χ4v) is 2.71. The first-order valence-corrected chi connectivity index (χ1v) is 9.00. The van der Waals surface area contributed by atoms with Crippen LogP contribution < -0.4 is 10.1 Å². The Morgan fingerprint density at radius 3 is 2.32 bits per heavy atom. The Labute approximate surface area is 164 Å². The molecule has 0 unspecified atom stereocenters. The highest BCUT2D eigenvalue weighted by atomic mass is 16.5. The second kappa shape index (κ2) is 9.69. The third-order valence-electron chi connectivity index (χ3n) is 4.24. The fourth-order valence-electron chi connectivity index (χ4n) is 2.71. The largest absolute Gasteiger partial charge is 0.495 e. The first kappa shape index (κ1) is 21.2. The van der Waals surface area contributed by atoms with E-state index in [1.807, 2.05) is 45.0 Å². The van der Waals surface area contributed by atoms with Gasteiger partial charge < -0.3 is 14.8 Å². The van der Waals surface area contributed by atoms with Crippen LogP contribution in [-0.4, -0.2) is 31.4 Å². The molecule has 2 rings (SSSR count). The van der Waals surface area contributed by atoms with Crippen molar-refractivity contribution in [1.82, 2.24) is 0 Å². The second-order valence-corrected chi connectivity index (χ2v) is 6.65. The Kier molecular flexibility index (Phi) is 7.32. The summed E-state index contributed by atoms with van der Waals surface area (Å²) >= 11 is 0. The number of rotatable bonds is 8. The highest BCUT2D eigenvalue weighted by Gasteiger charge is 2.14. The van der Waals surface area contributed by atoms with E-state index in [0.29, 0.717) is 17.0 Å². The quantitative estimate of drug-likeness (QED) is 0.554. The maximum atomic E-state index is 12.3. The van der Waals surface area contributed by atoms with Gasteiger partial charge in [-0.3, -0.25) is 14.4 Å². The Bertz CT molecular complexity index is 888. The summed E-state index contributed by atoms with van der Waals surface area (Å²) in [5.41, 5.74) is 3.93. The SMILES string of the molecule is COc1ccc(C)cc1NC(=O)COC(=O)CCC(=O)c1cc(C)ccc1C. The summed E-state index contributed by atoms with van der Waals surface area (Å²) in [5, 5.41) is 2.65. The third-order valence-corrected chi connectivity index (χ3v) is 4.24. The number of methoxy groups -OCH3 is 1. The number of benzene rings is 2. The number of hydrogen-bond acceptors (Lipinski definition) is 5. The number of carbonyl (C=O) groups excluding carboxylic acids is 3. The lowest BCUT2D eigenvalue weighted by molar-refractivity contribution is -0.147. The molecular formula is C22H25NO5. The van der Waals surface area contributed by atoms with Gasteiger partial charge in [-0.05, 0) is 50.1 Å². The molecule has 148 valence electrons. The van der Waals surface area contributed by atoms with Crippen molar-refractivity contribution in [2.75, 3.05) is 19.0 Å². The van der Waals surface area contributed by atoms with E-state index in [4.69, 9.17) is 9.47 Å². The molecule has 6 nitrogen and oxygen atoms in total. The molecule has 28 heavy (non-hydrogen) atoms. The minimum absolute atomic E-state index is 0.0381. The number of aryl methyl sites for hydroxylation is 3. The number of carbonyl (C=O) groups is 3. The molecule has 0 saturated heterocycles. The van der Waals surface area contributed by atoms with Gasteiger partial charge >= 0.3 is 5.97 Å². The topological polar surface area (TPSA) is 81.7 Å². The summed E-state index contributed by atoms with van der Waals surface area (Å²) in [7, 11) is 1.51. The van der Waals surface area contributed by atoms with Crippen LogP contribution in [0.5, 0.6) is 5.75 Å². The Hall–Kier alpha value is -3.15. The number of anilines is 1. The van der Waals surface area contributed by atoms with E-state index < -0.39 is 18.5 Å². The zero-order valence-corrected chi connectivity index (χ0v) is 16.6. The molecule has 0 heterocycles. The molecule has 1 N–H and O–H groups in total. The van der Waals surface area contributed by atoms with Gasteiger partial charge in [0.25, 0.3) is 5.91 Å². The highest BCUT2D eigenvalue weighted by Crippen LogP contribution is 2.25. The molecule has 0 aromatic heterocycles. The molecule has 2 aromatic rings. The van der Waals surface area contributed by atoms with Crippen LogP contribution in [0.15, 0.2) is 36.4 Å². The number of amides is 1. The third kappa shape index (κ3) is 5.94. The van der Waals surface area contributed by atoms with E-state index in [2.05, 4.69) is 5.32 Å². The zero-order valence-electron chi connectivity index (χ0n) is 16.6. The summed E-state index contributed by atoms with van der Waals surface area (Å²) in [6.07, 6.45) is -0.0380. The Morgan fingerprint density at radius 1 is 0.929 bits per heavy atom. The van der Waals surface area contributed by atoms with Gasteiger partial charge in [-0.15, -0.1) is 0 Å². The van der Waals surface area contributed by atoms with Crippen molar-refractivity contribution in [1.29, 1.82) is 0 Å². The molecule has 1 amide bonds. The Morgan fingerprint density at radius 2 is 1.61 bits per heavy atom. The predicted molar refractivity (Wildman–Crippen MR) is 107 cm³/mol. The van der Waals surface area contributed by atoms with Gasteiger partial charge in [-0.25, -0.2) is 0 Å². The smallest absolute Gasteiger partial charge is 0.306 e. The van der Waals surface area contributed by atoms with Crippen molar-refractivity contribution >= 4 is 23.3 Å². The molecule has 0 saturated carbocycles. The number of esters is 1. The maximum Gasteiger partial charge on any atom is 0.306 e. The molecule has 0 aliphatic carbocycles. The molecule has 0 aliphatic heterocycles. The minimum Gasteiger partial charge on any atom is -0.495 e. The minimum atomic E-state index is -0.593. The van der Waals surface area contributed by atoms with E-state index in [-0.39, 0.29) is 18.6 Å². The highest BCUT2D eigenvalue weighted by molar-refractivity contribution is 5.99. The first-order valence-electron chi connectivity index (χ1n) is 9.00. The maximum absolute atomic E-state index is 12.3. The van der Waals surface area contributed by atoms with Crippen molar-refractivity contribution in [3.8, 4) is 5.75 Å². The van der Waals surface area contributed by atoms with E-state index in [1.54, 1.807) is 12.1 Å². The molecule has 0 spiro atoms. The second-order valence-electron chi connectivity index (χ2n) is 6.65. The van der Waals surface area contributed by atoms with Gasteiger partial charge in [0.15, 0.2) is 12.4 Å². The van der Waals surface area contributed by atoms with E-state index >= 15 is 0 Å². The van der Waals surface area contributed by atoms with Crippen LogP contribution in [0.3, 0.4) is 0 Å². The fraction of sp³-hybridized carbons (Fsp3) is 0.318. The number of ether oxygens (including phenoxy) is 2. The number of ketones is 1. The van der Waals surface area contributed by atoms with Crippen LogP contribution in [0.25, 0.3) is 0 Å². The van der Waals surface area contributed by atoms with Crippen molar-refractivity contribution in [3.63, 3.8) is 0 Å². The summed E-state index contributed by atoms with van der Waals surface area (Å²) in [5.74, 6) is -0.667. The lowest BCUT2D eigenvalue weighted by atomic mass is 9.99. The van der Waals surface area contributed by atoms with Crippen molar-refractivity contribution in [2.45, 2.75) is 33.6 Å². The molecule has 0 radical (unpaired) electrons. The van der Waals surface area contributed by atoms with Gasteiger partial charge in [0.2, 0.25) is 0 Å². The molecule has 0 aliphatic rings. The normalized spacial score (nSPS) is 10.3. The molecule has 2 aromatic carbocycles. The first-order chi connectivity index (χ1) is 13.3. The predicted octanol–water partition coefficient (Wildman–Crippen LogP) is 3.77. The van der Waals surface area contributed by atoms with Crippen molar-refractivity contribution in [3.05, 3.63) is 58.7 Å². The summed E-state index contributed by atoms with van der Waals surface area (Å²) in [6, 6.07) is 11.0. The summed E-state index contributed by atoms with van der Waals surface area (Å²) < 4.78 is 10.2. The van der Waals surface area contributed by atoms with Crippen LogP contribution in [0.4, 0.5) is 5.69 Å².